The van der Waals surface area contributed by atoms with Gasteiger partial charge in [-0.25, -0.2) is 8.78 Å². The van der Waals surface area contributed by atoms with E-state index in [1.807, 2.05) is 13.8 Å². The standard InChI is InChI=1S/C25H27F2N3O5/c1-15(2)25(3,34)14-35-22-12-20(29-30(22)21-7-5-4-6-18(21)27)24(33)28-19(13-23(31)32)16-8-10-17(26)11-9-16/h4-12,15,19,34H,13-14H2,1-3H3,(H,28,33)(H,31,32)/t19?,25-/m1/s1. The molecule has 10 heteroatoms. The number of carboxylic acid groups (broad SMARTS) is 1. The van der Waals surface area contributed by atoms with Crippen LogP contribution in [0.1, 0.15) is 49.3 Å². The van der Waals surface area contributed by atoms with E-state index in [2.05, 4.69) is 10.4 Å². The Hall–Kier alpha value is -3.79. The van der Waals surface area contributed by atoms with Gasteiger partial charge in [0.15, 0.2) is 5.69 Å². The van der Waals surface area contributed by atoms with Crippen molar-refractivity contribution < 1.29 is 33.3 Å². The topological polar surface area (TPSA) is 114 Å². The summed E-state index contributed by atoms with van der Waals surface area (Å²) >= 11 is 0. The third kappa shape index (κ3) is 6.42. The number of nitrogens with zero attached hydrogens (tertiary/aromatic N) is 2. The summed E-state index contributed by atoms with van der Waals surface area (Å²) in [7, 11) is 0. The molecule has 0 saturated heterocycles. The highest BCUT2D eigenvalue weighted by Gasteiger charge is 2.28. The summed E-state index contributed by atoms with van der Waals surface area (Å²) in [6, 6.07) is 11.2. The lowest BCUT2D eigenvalue weighted by Crippen LogP contribution is -2.38. The van der Waals surface area contributed by atoms with Gasteiger partial charge in [-0.1, -0.05) is 38.1 Å². The first-order valence-corrected chi connectivity index (χ1v) is 11.0. The molecule has 0 fully saturated rings. The zero-order valence-electron chi connectivity index (χ0n) is 19.5. The fourth-order valence-electron chi connectivity index (χ4n) is 3.11. The van der Waals surface area contributed by atoms with Crippen molar-refractivity contribution in [2.24, 2.45) is 5.92 Å². The first-order chi connectivity index (χ1) is 16.5. The molecule has 1 amide bonds. The zero-order valence-corrected chi connectivity index (χ0v) is 19.5. The SMILES string of the molecule is CC(C)[C@](C)(O)COc1cc(C(=O)NC(CC(=O)O)c2ccc(F)cc2)nn1-c1ccccc1F. The predicted octanol–water partition coefficient (Wildman–Crippen LogP) is 3.88. The van der Waals surface area contributed by atoms with Crippen LogP contribution in [0.2, 0.25) is 0 Å². The highest BCUT2D eigenvalue weighted by atomic mass is 19.1. The van der Waals surface area contributed by atoms with Gasteiger partial charge in [0.2, 0.25) is 5.88 Å². The molecule has 0 bridgehead atoms. The molecule has 35 heavy (non-hydrogen) atoms. The van der Waals surface area contributed by atoms with Crippen molar-refractivity contribution >= 4 is 11.9 Å². The minimum atomic E-state index is -1.21. The molecule has 2 aromatic carbocycles. The van der Waals surface area contributed by atoms with E-state index in [-0.39, 0.29) is 29.8 Å². The van der Waals surface area contributed by atoms with E-state index in [1.54, 1.807) is 13.0 Å². The molecule has 1 heterocycles. The van der Waals surface area contributed by atoms with Crippen molar-refractivity contribution in [3.63, 3.8) is 0 Å². The van der Waals surface area contributed by atoms with Crippen molar-refractivity contribution in [2.75, 3.05) is 6.61 Å². The zero-order chi connectivity index (χ0) is 25.8. The number of benzene rings is 2. The van der Waals surface area contributed by atoms with Gasteiger partial charge < -0.3 is 20.3 Å². The Morgan fingerprint density at radius 2 is 1.80 bits per heavy atom. The number of amides is 1. The Balaban J connectivity index is 1.94. The summed E-state index contributed by atoms with van der Waals surface area (Å²) in [6.07, 6.45) is -0.452. The van der Waals surface area contributed by atoms with Crippen molar-refractivity contribution in [2.45, 2.75) is 38.8 Å². The molecular formula is C25H27F2N3O5. The van der Waals surface area contributed by atoms with Gasteiger partial charge in [-0.05, 0) is 42.7 Å². The summed E-state index contributed by atoms with van der Waals surface area (Å²) < 4.78 is 34.7. The minimum absolute atomic E-state index is 0.0118. The van der Waals surface area contributed by atoms with Crippen LogP contribution >= 0.6 is 0 Å². The average molecular weight is 488 g/mol. The molecule has 0 aliphatic rings. The van der Waals surface area contributed by atoms with Crippen LogP contribution in [0.5, 0.6) is 5.88 Å². The fourth-order valence-corrected chi connectivity index (χ4v) is 3.11. The number of halogens is 2. The molecule has 3 N–H and O–H groups in total. The third-order valence-electron chi connectivity index (χ3n) is 5.70. The van der Waals surface area contributed by atoms with Gasteiger partial charge in [0.1, 0.15) is 23.9 Å². The number of rotatable bonds is 10. The summed E-state index contributed by atoms with van der Waals surface area (Å²) in [4.78, 5) is 24.4. The van der Waals surface area contributed by atoms with Gasteiger partial charge >= 0.3 is 5.97 Å². The van der Waals surface area contributed by atoms with E-state index >= 15 is 0 Å². The maximum atomic E-state index is 14.5. The predicted molar refractivity (Wildman–Crippen MR) is 123 cm³/mol. The molecular weight excluding hydrogens is 460 g/mol. The number of carboxylic acids is 1. The number of nitrogens with one attached hydrogen (secondary N) is 1. The van der Waals surface area contributed by atoms with Crippen molar-refractivity contribution in [3.8, 4) is 11.6 Å². The second kappa shape index (κ2) is 10.6. The maximum absolute atomic E-state index is 14.5. The van der Waals surface area contributed by atoms with Crippen LogP contribution in [-0.4, -0.2) is 44.1 Å². The number of carbonyl (C=O) groups is 2. The van der Waals surface area contributed by atoms with Gasteiger partial charge in [-0.15, -0.1) is 0 Å². The number of aliphatic hydroxyl groups is 1. The number of carbonyl (C=O) groups excluding carboxylic acids is 1. The van der Waals surface area contributed by atoms with Gasteiger partial charge in [-0.2, -0.15) is 9.78 Å². The minimum Gasteiger partial charge on any atom is -0.481 e. The van der Waals surface area contributed by atoms with Crippen molar-refractivity contribution in [1.82, 2.24) is 15.1 Å². The summed E-state index contributed by atoms with van der Waals surface area (Å²) in [5.74, 6) is -3.16. The van der Waals surface area contributed by atoms with Crippen LogP contribution in [0.25, 0.3) is 5.69 Å². The smallest absolute Gasteiger partial charge is 0.305 e. The largest absolute Gasteiger partial charge is 0.481 e. The van der Waals surface area contributed by atoms with Crippen LogP contribution in [0.4, 0.5) is 8.78 Å². The van der Waals surface area contributed by atoms with Gasteiger partial charge in [0.05, 0.1) is 18.1 Å². The normalized spacial score (nSPS) is 13.8. The molecule has 186 valence electrons. The second-order valence-corrected chi connectivity index (χ2v) is 8.71. The van der Waals surface area contributed by atoms with E-state index in [0.717, 1.165) is 16.8 Å². The summed E-state index contributed by atoms with van der Waals surface area (Å²) in [6.45, 7) is 5.07. The number of hydrogen-bond acceptors (Lipinski definition) is 5. The quantitative estimate of drug-likeness (QED) is 0.400. The van der Waals surface area contributed by atoms with Crippen LogP contribution in [0.3, 0.4) is 0 Å². The molecule has 1 aromatic heterocycles. The lowest BCUT2D eigenvalue weighted by atomic mass is 9.94. The Bertz CT molecular complexity index is 1190. The Morgan fingerprint density at radius 3 is 2.40 bits per heavy atom. The van der Waals surface area contributed by atoms with Crippen LogP contribution in [-0.2, 0) is 4.79 Å². The monoisotopic (exact) mass is 487 g/mol. The summed E-state index contributed by atoms with van der Waals surface area (Å²) in [5, 5.41) is 26.6. The lowest BCUT2D eigenvalue weighted by Gasteiger charge is -2.27. The highest BCUT2D eigenvalue weighted by molar-refractivity contribution is 5.93. The molecule has 0 aliphatic heterocycles. The Labute approximate surface area is 201 Å². The van der Waals surface area contributed by atoms with Gasteiger partial charge in [0.25, 0.3) is 5.91 Å². The number of ether oxygens (including phenoxy) is 1. The first-order valence-electron chi connectivity index (χ1n) is 11.0. The fraction of sp³-hybridized carbons (Fsp3) is 0.320. The van der Waals surface area contributed by atoms with E-state index in [9.17, 15) is 28.6 Å². The van der Waals surface area contributed by atoms with Crippen LogP contribution < -0.4 is 10.1 Å². The van der Waals surface area contributed by atoms with E-state index in [4.69, 9.17) is 4.74 Å². The molecule has 0 aliphatic carbocycles. The number of hydrogen-bond donors (Lipinski definition) is 3. The molecule has 2 atom stereocenters. The Kier molecular flexibility index (Phi) is 7.85. The van der Waals surface area contributed by atoms with E-state index < -0.39 is 41.6 Å². The first kappa shape index (κ1) is 25.8. The van der Waals surface area contributed by atoms with Crippen molar-refractivity contribution in [3.05, 3.63) is 77.5 Å². The maximum Gasteiger partial charge on any atom is 0.305 e. The Morgan fingerprint density at radius 1 is 1.14 bits per heavy atom. The summed E-state index contributed by atoms with van der Waals surface area (Å²) in [5.41, 5.74) is -0.960. The number of aromatic nitrogens is 2. The molecule has 3 rings (SSSR count). The molecule has 3 aromatic rings. The van der Waals surface area contributed by atoms with E-state index in [1.165, 1.54) is 36.4 Å². The van der Waals surface area contributed by atoms with Gasteiger partial charge in [0, 0.05) is 6.07 Å². The molecule has 0 spiro atoms. The molecule has 1 unspecified atom stereocenters. The highest BCUT2D eigenvalue weighted by Crippen LogP contribution is 2.25. The van der Waals surface area contributed by atoms with Crippen LogP contribution in [0.15, 0.2) is 54.6 Å². The molecule has 0 saturated carbocycles. The number of aliphatic carboxylic acids is 1. The molecule has 0 radical (unpaired) electrons. The average Bonchev–Trinajstić information content (AvgIpc) is 3.22. The second-order valence-electron chi connectivity index (χ2n) is 8.71. The van der Waals surface area contributed by atoms with Crippen LogP contribution in [0, 0.1) is 17.6 Å². The van der Waals surface area contributed by atoms with Gasteiger partial charge in [-0.3, -0.25) is 9.59 Å². The third-order valence-corrected chi connectivity index (χ3v) is 5.70. The lowest BCUT2D eigenvalue weighted by molar-refractivity contribution is -0.137. The molecule has 8 nitrogen and oxygen atoms in total. The number of para-hydroxylation sites is 1. The van der Waals surface area contributed by atoms with Crippen molar-refractivity contribution in [1.29, 1.82) is 0 Å². The van der Waals surface area contributed by atoms with E-state index in [0.29, 0.717) is 5.56 Å².